The van der Waals surface area contributed by atoms with E-state index in [0.717, 1.165) is 18.9 Å². The molecule has 0 bridgehead atoms. The molecular weight excluding hydrogens is 613 g/mol. The zero-order valence-electron chi connectivity index (χ0n) is 22.7. The molecule has 1 aromatic heterocycles. The van der Waals surface area contributed by atoms with Crippen LogP contribution in [-0.4, -0.2) is 59.3 Å². The average Bonchev–Trinajstić information content (AvgIpc) is 3.68. The van der Waals surface area contributed by atoms with Crippen molar-refractivity contribution in [3.05, 3.63) is 34.5 Å². The van der Waals surface area contributed by atoms with Gasteiger partial charge in [-0.15, -0.1) is 0 Å². The van der Waals surface area contributed by atoms with Gasteiger partial charge < -0.3 is 20.3 Å². The minimum atomic E-state index is -4.68. The highest BCUT2D eigenvalue weighted by Gasteiger charge is 2.67. The lowest BCUT2D eigenvalue weighted by atomic mass is 9.79. The molecule has 2 saturated carbocycles. The number of carbonyl (C=O) groups excluding carboxylic acids is 1. The van der Waals surface area contributed by atoms with Crippen LogP contribution >= 0.6 is 11.6 Å². The number of benzene rings is 1. The van der Waals surface area contributed by atoms with E-state index in [1.54, 1.807) is 6.92 Å². The number of nitrogens with one attached hydrogen (secondary N) is 1. The fraction of sp³-hybridized carbons (Fsp3) is 0.615. The summed E-state index contributed by atoms with van der Waals surface area (Å²) < 4.78 is 89.8. The Balaban J connectivity index is 0.00000155. The average molecular weight is 644 g/mol. The molecule has 1 heterocycles. The number of aliphatic hydroxyl groups is 2. The second kappa shape index (κ2) is 13.3. The molecule has 234 valence electrons. The SMILES string of the molecule is CCn1nc(C(=O)NCC2(O)CCC(C)CC2)c(Cl)c1-c1ccc([C@H](O)C2(C(F)(F)F)CC2)cc1OC(F)F.O=S=O. The largest absolute Gasteiger partial charge is 0.434 e. The third-order valence-corrected chi connectivity index (χ3v) is 8.22. The summed E-state index contributed by atoms with van der Waals surface area (Å²) >= 11 is 5.77. The van der Waals surface area contributed by atoms with Crippen LogP contribution in [0.1, 0.15) is 74.5 Å². The second-order valence-corrected chi connectivity index (χ2v) is 11.2. The molecule has 9 nitrogen and oxygen atoms in total. The molecule has 2 aromatic rings. The van der Waals surface area contributed by atoms with E-state index >= 15 is 0 Å². The first-order valence-electron chi connectivity index (χ1n) is 13.2. The van der Waals surface area contributed by atoms with Gasteiger partial charge in [-0.25, -0.2) is 0 Å². The Labute approximate surface area is 247 Å². The molecule has 42 heavy (non-hydrogen) atoms. The van der Waals surface area contributed by atoms with Gasteiger partial charge in [0.25, 0.3) is 5.91 Å². The molecule has 2 aliphatic rings. The first-order valence-corrected chi connectivity index (χ1v) is 14.2. The van der Waals surface area contributed by atoms with Crippen LogP contribution in [0.4, 0.5) is 22.0 Å². The lowest BCUT2D eigenvalue weighted by Gasteiger charge is -2.34. The number of hydrogen-bond donors (Lipinski definition) is 3. The highest BCUT2D eigenvalue weighted by atomic mass is 35.5. The lowest BCUT2D eigenvalue weighted by molar-refractivity contribution is -0.215. The summed E-state index contributed by atoms with van der Waals surface area (Å²) in [5.74, 6) is -0.711. The Morgan fingerprint density at radius 1 is 1.24 bits per heavy atom. The smallest absolute Gasteiger partial charge is 0.397 e. The number of alkyl halides is 5. The summed E-state index contributed by atoms with van der Waals surface area (Å²) in [5, 5.41) is 28.0. The van der Waals surface area contributed by atoms with Crippen molar-refractivity contribution < 1.29 is 50.1 Å². The fourth-order valence-corrected chi connectivity index (χ4v) is 5.46. The van der Waals surface area contributed by atoms with Crippen molar-refractivity contribution in [2.45, 2.75) is 83.4 Å². The van der Waals surface area contributed by atoms with Gasteiger partial charge in [-0.2, -0.15) is 35.5 Å². The normalized spacial score (nSPS) is 22.1. The van der Waals surface area contributed by atoms with E-state index < -0.39 is 53.1 Å². The van der Waals surface area contributed by atoms with Gasteiger partial charge in [0.15, 0.2) is 5.69 Å². The summed E-state index contributed by atoms with van der Waals surface area (Å²) in [6.45, 7) is 0.589. The molecule has 0 aliphatic heterocycles. The third kappa shape index (κ3) is 7.29. The summed E-state index contributed by atoms with van der Waals surface area (Å²) in [6.07, 6.45) is -4.53. The van der Waals surface area contributed by atoms with Crippen molar-refractivity contribution in [3.8, 4) is 17.0 Å². The van der Waals surface area contributed by atoms with E-state index in [0.29, 0.717) is 18.8 Å². The van der Waals surface area contributed by atoms with Crippen molar-refractivity contribution in [2.24, 2.45) is 11.3 Å². The molecule has 2 aliphatic carbocycles. The Hall–Kier alpha value is -2.62. The van der Waals surface area contributed by atoms with E-state index in [2.05, 4.69) is 22.1 Å². The van der Waals surface area contributed by atoms with E-state index in [1.165, 1.54) is 16.8 Å². The second-order valence-electron chi connectivity index (χ2n) is 10.7. The van der Waals surface area contributed by atoms with Crippen molar-refractivity contribution >= 4 is 29.1 Å². The van der Waals surface area contributed by atoms with Crippen molar-refractivity contribution in [2.75, 3.05) is 6.54 Å². The van der Waals surface area contributed by atoms with Gasteiger partial charge in [-0.1, -0.05) is 24.6 Å². The van der Waals surface area contributed by atoms with Gasteiger partial charge in [0, 0.05) is 18.7 Å². The van der Waals surface area contributed by atoms with Crippen molar-refractivity contribution in [1.82, 2.24) is 15.1 Å². The first-order chi connectivity index (χ1) is 19.6. The summed E-state index contributed by atoms with van der Waals surface area (Å²) in [4.78, 5) is 13.0. The maximum absolute atomic E-state index is 13.5. The van der Waals surface area contributed by atoms with E-state index in [9.17, 15) is 37.0 Å². The topological polar surface area (TPSA) is 131 Å². The number of aryl methyl sites for hydroxylation is 1. The number of nitrogens with zero attached hydrogens (tertiary/aromatic N) is 2. The Morgan fingerprint density at radius 2 is 1.83 bits per heavy atom. The molecule has 0 unspecified atom stereocenters. The maximum atomic E-state index is 13.5. The van der Waals surface area contributed by atoms with E-state index in [4.69, 9.17) is 20.0 Å². The first kappa shape index (κ1) is 33.9. The molecular formula is C26H31ClF5N3O6S. The number of amides is 1. The Bertz CT molecular complexity index is 1310. The monoisotopic (exact) mass is 643 g/mol. The van der Waals surface area contributed by atoms with Gasteiger partial charge >= 0.3 is 24.4 Å². The zero-order chi connectivity index (χ0) is 31.5. The molecule has 3 N–H and O–H groups in total. The van der Waals surface area contributed by atoms with Gasteiger partial charge in [0.1, 0.15) is 5.75 Å². The van der Waals surface area contributed by atoms with Crippen LogP contribution in [0, 0.1) is 11.3 Å². The van der Waals surface area contributed by atoms with Crippen molar-refractivity contribution in [1.29, 1.82) is 0 Å². The molecule has 1 atom stereocenters. The third-order valence-electron chi connectivity index (χ3n) is 7.86. The predicted molar refractivity (Wildman–Crippen MR) is 141 cm³/mol. The molecule has 1 aromatic carbocycles. The van der Waals surface area contributed by atoms with Gasteiger partial charge in [-0.3, -0.25) is 9.48 Å². The van der Waals surface area contributed by atoms with Crippen LogP contribution in [-0.2, 0) is 18.1 Å². The fourth-order valence-electron chi connectivity index (χ4n) is 5.14. The summed E-state index contributed by atoms with van der Waals surface area (Å²) in [7, 11) is 0. The van der Waals surface area contributed by atoms with Gasteiger partial charge in [0.05, 0.1) is 27.8 Å². The Kier molecular flexibility index (Phi) is 10.8. The number of carbonyl (C=O) groups is 1. The molecule has 16 heteroatoms. The number of ether oxygens (including phenoxy) is 1. The lowest BCUT2D eigenvalue weighted by Crippen LogP contribution is -2.45. The van der Waals surface area contributed by atoms with E-state index in [-0.39, 0.29) is 53.5 Å². The molecule has 1 amide bonds. The molecule has 4 rings (SSSR count). The number of aromatic nitrogens is 2. The van der Waals surface area contributed by atoms with Crippen LogP contribution in [0.25, 0.3) is 11.3 Å². The number of aliphatic hydroxyl groups excluding tert-OH is 1. The molecule has 2 fully saturated rings. The molecule has 0 saturated heterocycles. The van der Waals surface area contributed by atoms with Crippen LogP contribution in [0.2, 0.25) is 5.02 Å². The van der Waals surface area contributed by atoms with Gasteiger partial charge in [-0.05, 0) is 69.1 Å². The number of rotatable bonds is 9. The van der Waals surface area contributed by atoms with Crippen LogP contribution in [0.15, 0.2) is 18.2 Å². The predicted octanol–water partition coefficient (Wildman–Crippen LogP) is 5.20. The minimum Gasteiger partial charge on any atom is -0.434 e. The highest BCUT2D eigenvalue weighted by Crippen LogP contribution is 2.64. The highest BCUT2D eigenvalue weighted by molar-refractivity contribution is 7.51. The molecule has 0 radical (unpaired) electrons. The zero-order valence-corrected chi connectivity index (χ0v) is 24.3. The maximum Gasteiger partial charge on any atom is 0.397 e. The summed E-state index contributed by atoms with van der Waals surface area (Å²) in [5.41, 5.74) is -3.84. The quantitative estimate of drug-likeness (QED) is 0.320. The minimum absolute atomic E-state index is 0.0174. The number of halogens is 6. The molecule has 0 spiro atoms. The van der Waals surface area contributed by atoms with Gasteiger partial charge in [0.2, 0.25) is 0 Å². The van der Waals surface area contributed by atoms with Crippen molar-refractivity contribution in [3.63, 3.8) is 0 Å². The van der Waals surface area contributed by atoms with Crippen LogP contribution < -0.4 is 10.1 Å². The number of hydrogen-bond acceptors (Lipinski definition) is 7. The van der Waals surface area contributed by atoms with Crippen LogP contribution in [0.5, 0.6) is 5.75 Å². The summed E-state index contributed by atoms with van der Waals surface area (Å²) in [6, 6.07) is 3.33. The van der Waals surface area contributed by atoms with Crippen LogP contribution in [0.3, 0.4) is 0 Å². The Morgan fingerprint density at radius 3 is 2.33 bits per heavy atom. The van der Waals surface area contributed by atoms with E-state index in [1.807, 2.05) is 0 Å². The standard InChI is InChI=1S/C26H31ClF5N3O4.O2S/c1-3-35-20(18(27)19(34-35)22(37)33-13-24(38)8-6-14(2)7-9-24)16-5-4-15(12-17(16)39-23(28)29)21(36)25(10-11-25)26(30,31)32;1-3-2/h4-5,12,14,21,23,36,38H,3,6-11,13H2,1-2H3,(H,33,37);/t14?,21-,24?;/m0./s1.